The second kappa shape index (κ2) is 8.37. The summed E-state index contributed by atoms with van der Waals surface area (Å²) < 4.78 is 18.7. The number of hydrogen-bond donors (Lipinski definition) is 0. The highest BCUT2D eigenvalue weighted by atomic mass is 35.5. The van der Waals surface area contributed by atoms with Crippen LogP contribution in [-0.4, -0.2) is 29.1 Å². The van der Waals surface area contributed by atoms with Gasteiger partial charge in [-0.1, -0.05) is 53.5 Å². The van der Waals surface area contributed by atoms with Crippen molar-refractivity contribution in [3.63, 3.8) is 0 Å². The minimum absolute atomic E-state index is 0.104. The molecule has 1 saturated heterocycles. The zero-order valence-electron chi connectivity index (χ0n) is 16.2. The van der Waals surface area contributed by atoms with Crippen molar-refractivity contribution in [2.75, 3.05) is 13.1 Å². The Morgan fingerprint density at radius 2 is 1.93 bits per heavy atom. The van der Waals surface area contributed by atoms with Crippen molar-refractivity contribution in [1.82, 2.24) is 10.1 Å². The Morgan fingerprint density at radius 1 is 1.17 bits per heavy atom. The van der Waals surface area contributed by atoms with Crippen molar-refractivity contribution in [3.05, 3.63) is 76.3 Å². The maximum absolute atomic E-state index is 13.5. The van der Waals surface area contributed by atoms with Gasteiger partial charge in [-0.05, 0) is 43.5 Å². The molecule has 2 aromatic carbocycles. The average molecular weight is 413 g/mol. The van der Waals surface area contributed by atoms with E-state index in [0.717, 1.165) is 24.8 Å². The third kappa shape index (κ3) is 4.06. The van der Waals surface area contributed by atoms with Crippen molar-refractivity contribution in [1.29, 1.82) is 0 Å². The van der Waals surface area contributed by atoms with Crippen molar-refractivity contribution in [2.45, 2.75) is 32.1 Å². The molecule has 0 radical (unpaired) electrons. The van der Waals surface area contributed by atoms with E-state index in [4.69, 9.17) is 16.1 Å². The average Bonchev–Trinajstić information content (AvgIpc) is 2.94. The van der Waals surface area contributed by atoms with E-state index in [1.165, 1.54) is 12.1 Å². The van der Waals surface area contributed by atoms with Gasteiger partial charge >= 0.3 is 0 Å². The Balaban J connectivity index is 1.65. The first-order chi connectivity index (χ1) is 14.0. The van der Waals surface area contributed by atoms with Crippen molar-refractivity contribution < 1.29 is 13.7 Å². The zero-order valence-corrected chi connectivity index (χ0v) is 17.0. The van der Waals surface area contributed by atoms with E-state index in [1.54, 1.807) is 13.0 Å². The smallest absolute Gasteiger partial charge is 0.259 e. The Morgan fingerprint density at radius 3 is 2.69 bits per heavy atom. The molecule has 0 N–H and O–H groups in total. The molecule has 0 spiro atoms. The predicted octanol–water partition coefficient (Wildman–Crippen LogP) is 5.85. The quantitative estimate of drug-likeness (QED) is 0.541. The van der Waals surface area contributed by atoms with Crippen LogP contribution >= 0.6 is 11.6 Å². The van der Waals surface area contributed by atoms with E-state index >= 15 is 0 Å². The number of carbonyl (C=O) groups is 1. The molecule has 0 aliphatic carbocycles. The Labute approximate surface area is 174 Å². The van der Waals surface area contributed by atoms with E-state index < -0.39 is 0 Å². The minimum atomic E-state index is -0.250. The molecule has 1 aliphatic heterocycles. The zero-order chi connectivity index (χ0) is 20.4. The molecule has 29 heavy (non-hydrogen) atoms. The normalized spacial score (nSPS) is 17.2. The number of amides is 1. The van der Waals surface area contributed by atoms with E-state index in [2.05, 4.69) is 5.16 Å². The molecule has 0 saturated carbocycles. The molecule has 1 aromatic heterocycles. The molecule has 1 aliphatic rings. The molecule has 4 nitrogen and oxygen atoms in total. The molecule has 2 heterocycles. The second-order valence-corrected chi connectivity index (χ2v) is 7.84. The minimum Gasteiger partial charge on any atom is -0.360 e. The van der Waals surface area contributed by atoms with Crippen molar-refractivity contribution >= 4 is 17.5 Å². The number of benzene rings is 2. The Bertz CT molecular complexity index is 1020. The summed E-state index contributed by atoms with van der Waals surface area (Å²) in [5.74, 6) is 0.297. The SMILES string of the molecule is Cc1onc(-c2ccccc2Cl)c1C(=O)N1CCCCC(c2ccc(F)cc2)C1. The first-order valence-corrected chi connectivity index (χ1v) is 10.2. The summed E-state index contributed by atoms with van der Waals surface area (Å²) >= 11 is 6.34. The fourth-order valence-corrected chi connectivity index (χ4v) is 4.18. The van der Waals surface area contributed by atoms with Gasteiger partial charge in [0.15, 0.2) is 0 Å². The number of hydrogen-bond acceptors (Lipinski definition) is 3. The van der Waals surface area contributed by atoms with Gasteiger partial charge in [0.25, 0.3) is 5.91 Å². The molecule has 150 valence electrons. The Hall–Kier alpha value is -2.66. The lowest BCUT2D eigenvalue weighted by molar-refractivity contribution is 0.0753. The van der Waals surface area contributed by atoms with Crippen LogP contribution in [0.3, 0.4) is 0 Å². The third-order valence-electron chi connectivity index (χ3n) is 5.51. The van der Waals surface area contributed by atoms with E-state index in [9.17, 15) is 9.18 Å². The number of aryl methyl sites for hydroxylation is 1. The van der Waals surface area contributed by atoms with Crippen LogP contribution in [-0.2, 0) is 0 Å². The lowest BCUT2D eigenvalue weighted by Gasteiger charge is -2.25. The molecule has 6 heteroatoms. The summed E-state index contributed by atoms with van der Waals surface area (Å²) in [4.78, 5) is 15.4. The van der Waals surface area contributed by atoms with Gasteiger partial charge < -0.3 is 9.42 Å². The number of halogens is 2. The molecular formula is C23H22ClFN2O2. The molecule has 3 aromatic rings. The van der Waals surface area contributed by atoms with Crippen LogP contribution in [0.4, 0.5) is 4.39 Å². The fraction of sp³-hybridized carbons (Fsp3) is 0.304. The van der Waals surface area contributed by atoms with Crippen LogP contribution in [0.25, 0.3) is 11.3 Å². The van der Waals surface area contributed by atoms with Crippen LogP contribution < -0.4 is 0 Å². The van der Waals surface area contributed by atoms with Crippen LogP contribution in [0.5, 0.6) is 0 Å². The third-order valence-corrected chi connectivity index (χ3v) is 5.84. The number of aromatic nitrogens is 1. The summed E-state index contributed by atoms with van der Waals surface area (Å²) in [6.45, 7) is 3.00. The highest BCUT2D eigenvalue weighted by Crippen LogP contribution is 2.33. The number of rotatable bonds is 3. The number of nitrogens with zero attached hydrogens (tertiary/aromatic N) is 2. The summed E-state index contributed by atoms with van der Waals surface area (Å²) in [5.41, 5.74) is 2.66. The van der Waals surface area contributed by atoms with Crippen LogP contribution in [0.2, 0.25) is 5.02 Å². The van der Waals surface area contributed by atoms with Gasteiger partial charge in [0, 0.05) is 24.6 Å². The van der Waals surface area contributed by atoms with E-state index in [1.807, 2.05) is 35.2 Å². The molecule has 1 atom stereocenters. The van der Waals surface area contributed by atoms with Gasteiger partial charge in [0.05, 0.1) is 5.02 Å². The van der Waals surface area contributed by atoms with E-state index in [-0.39, 0.29) is 17.6 Å². The predicted molar refractivity (Wildman–Crippen MR) is 111 cm³/mol. The van der Waals surface area contributed by atoms with Crippen molar-refractivity contribution in [2.24, 2.45) is 0 Å². The first-order valence-electron chi connectivity index (χ1n) is 9.80. The maximum atomic E-state index is 13.5. The fourth-order valence-electron chi connectivity index (χ4n) is 3.95. The molecule has 0 bridgehead atoms. The summed E-state index contributed by atoms with van der Waals surface area (Å²) in [6.07, 6.45) is 2.91. The monoisotopic (exact) mass is 412 g/mol. The van der Waals surface area contributed by atoms with Crippen LogP contribution in [0.15, 0.2) is 53.1 Å². The topological polar surface area (TPSA) is 46.3 Å². The van der Waals surface area contributed by atoms with E-state index in [0.29, 0.717) is 40.7 Å². The lowest BCUT2D eigenvalue weighted by atomic mass is 9.94. The van der Waals surface area contributed by atoms with Gasteiger partial charge in [0.1, 0.15) is 22.8 Å². The molecule has 1 amide bonds. The Kier molecular flexibility index (Phi) is 5.67. The first kappa shape index (κ1) is 19.6. The summed E-state index contributed by atoms with van der Waals surface area (Å²) in [7, 11) is 0. The molecule has 1 fully saturated rings. The highest BCUT2D eigenvalue weighted by molar-refractivity contribution is 6.33. The van der Waals surface area contributed by atoms with Crippen LogP contribution in [0, 0.1) is 12.7 Å². The summed E-state index contributed by atoms with van der Waals surface area (Å²) in [6, 6.07) is 13.9. The number of carbonyl (C=O) groups excluding carboxylic acids is 1. The maximum Gasteiger partial charge on any atom is 0.259 e. The van der Waals surface area contributed by atoms with Gasteiger partial charge in [0.2, 0.25) is 0 Å². The largest absolute Gasteiger partial charge is 0.360 e. The lowest BCUT2D eigenvalue weighted by Crippen LogP contribution is -2.34. The molecule has 1 unspecified atom stereocenters. The second-order valence-electron chi connectivity index (χ2n) is 7.44. The van der Waals surface area contributed by atoms with Crippen molar-refractivity contribution in [3.8, 4) is 11.3 Å². The standard InChI is InChI=1S/C23H22ClFN2O2/c1-15-21(22(26-29-15)19-7-2-3-8-20(19)24)23(28)27-13-5-4-6-17(14-27)16-9-11-18(25)12-10-16/h2-3,7-12,17H,4-6,13-14H2,1H3. The van der Waals surface area contributed by atoms with Crippen LogP contribution in [0.1, 0.15) is 46.9 Å². The van der Waals surface area contributed by atoms with Gasteiger partial charge in [-0.15, -0.1) is 0 Å². The number of likely N-dealkylation sites (tertiary alicyclic amines) is 1. The van der Waals surface area contributed by atoms with Gasteiger partial charge in [-0.2, -0.15) is 0 Å². The molecular weight excluding hydrogens is 391 g/mol. The summed E-state index contributed by atoms with van der Waals surface area (Å²) in [5, 5.41) is 4.65. The van der Waals surface area contributed by atoms with Gasteiger partial charge in [-0.3, -0.25) is 4.79 Å². The highest BCUT2D eigenvalue weighted by Gasteiger charge is 2.30. The van der Waals surface area contributed by atoms with Gasteiger partial charge in [-0.25, -0.2) is 4.39 Å². The molecule has 4 rings (SSSR count).